The van der Waals surface area contributed by atoms with Crippen LogP contribution in [0.4, 0.5) is 0 Å². The number of carbonyl (C=O) groups excluding carboxylic acids is 1. The number of likely N-dealkylation sites (tertiary alicyclic amines) is 1. The highest BCUT2D eigenvalue weighted by atomic mass is 16.5. The molecule has 0 bridgehead atoms. The summed E-state index contributed by atoms with van der Waals surface area (Å²) >= 11 is 0. The molecule has 1 aromatic heterocycles. The fourth-order valence-corrected chi connectivity index (χ4v) is 4.39. The van der Waals surface area contributed by atoms with E-state index in [1.165, 1.54) is 6.07 Å². The van der Waals surface area contributed by atoms with Crippen molar-refractivity contribution in [2.24, 2.45) is 5.41 Å². The van der Waals surface area contributed by atoms with Gasteiger partial charge >= 0.3 is 0 Å². The van der Waals surface area contributed by atoms with Crippen LogP contribution in [0.5, 0.6) is 5.75 Å². The van der Waals surface area contributed by atoms with Gasteiger partial charge in [0.2, 0.25) is 0 Å². The van der Waals surface area contributed by atoms with E-state index in [2.05, 4.69) is 0 Å². The van der Waals surface area contributed by atoms with Crippen molar-refractivity contribution in [3.05, 3.63) is 76.1 Å². The SMILES string of the molecule is O=C(c1cc(=O)c2ccccc2o1)N1C[C@@H]2c3ccccc3OC[C@]2(CO)C1. The van der Waals surface area contributed by atoms with Crippen LogP contribution in [0, 0.1) is 5.41 Å². The van der Waals surface area contributed by atoms with Crippen LogP contribution in [0.1, 0.15) is 22.0 Å². The Balaban J connectivity index is 1.52. The molecular weight excluding hydrogens is 358 g/mol. The van der Waals surface area contributed by atoms with Gasteiger partial charge in [0.25, 0.3) is 5.91 Å². The highest BCUT2D eigenvalue weighted by Gasteiger charge is 2.52. The van der Waals surface area contributed by atoms with E-state index in [-0.39, 0.29) is 29.6 Å². The van der Waals surface area contributed by atoms with E-state index in [9.17, 15) is 14.7 Å². The minimum atomic E-state index is -0.554. The summed E-state index contributed by atoms with van der Waals surface area (Å²) in [6.45, 7) is 1.04. The number of hydrogen-bond acceptors (Lipinski definition) is 5. The second-order valence-electron chi connectivity index (χ2n) is 7.56. The van der Waals surface area contributed by atoms with Crippen LogP contribution in [0.3, 0.4) is 0 Å². The molecule has 142 valence electrons. The van der Waals surface area contributed by atoms with Gasteiger partial charge in [-0.1, -0.05) is 30.3 Å². The first-order chi connectivity index (χ1) is 13.6. The zero-order valence-corrected chi connectivity index (χ0v) is 15.1. The Kier molecular flexibility index (Phi) is 3.77. The maximum atomic E-state index is 13.1. The zero-order valence-electron chi connectivity index (χ0n) is 15.1. The van der Waals surface area contributed by atoms with E-state index in [0.717, 1.165) is 11.3 Å². The van der Waals surface area contributed by atoms with E-state index >= 15 is 0 Å². The van der Waals surface area contributed by atoms with Crippen LogP contribution in [-0.4, -0.2) is 42.2 Å². The van der Waals surface area contributed by atoms with Crippen LogP contribution in [0.15, 0.2) is 63.8 Å². The van der Waals surface area contributed by atoms with Gasteiger partial charge in [-0.05, 0) is 23.8 Å². The molecule has 1 saturated heterocycles. The molecule has 0 unspecified atom stereocenters. The van der Waals surface area contributed by atoms with E-state index < -0.39 is 5.41 Å². The summed E-state index contributed by atoms with van der Waals surface area (Å²) < 4.78 is 11.6. The Hall–Kier alpha value is -3.12. The third kappa shape index (κ3) is 2.45. The lowest BCUT2D eigenvalue weighted by molar-refractivity contribution is 0.0434. The van der Waals surface area contributed by atoms with E-state index in [4.69, 9.17) is 9.15 Å². The number of amides is 1. The van der Waals surface area contributed by atoms with Gasteiger partial charge in [0.15, 0.2) is 11.2 Å². The van der Waals surface area contributed by atoms with Crippen molar-refractivity contribution in [3.63, 3.8) is 0 Å². The molecule has 5 rings (SSSR count). The lowest BCUT2D eigenvalue weighted by Gasteiger charge is -2.37. The molecule has 6 nitrogen and oxygen atoms in total. The molecule has 2 aromatic carbocycles. The van der Waals surface area contributed by atoms with Gasteiger partial charge in [-0.15, -0.1) is 0 Å². The monoisotopic (exact) mass is 377 g/mol. The molecule has 2 aliphatic heterocycles. The summed E-state index contributed by atoms with van der Waals surface area (Å²) in [5.74, 6) is 0.439. The van der Waals surface area contributed by atoms with Crippen molar-refractivity contribution >= 4 is 16.9 Å². The van der Waals surface area contributed by atoms with E-state index in [0.29, 0.717) is 30.7 Å². The third-order valence-corrected chi connectivity index (χ3v) is 5.90. The van der Waals surface area contributed by atoms with Crippen LogP contribution in [-0.2, 0) is 0 Å². The standard InChI is InChI=1S/C22H19NO5/c24-12-22-11-23(10-16(22)14-5-1-3-7-18(14)27-13-22)21(26)20-9-17(25)15-6-2-4-8-19(15)28-20/h1-9,16,24H,10-13H2/t16-,22-/m1/s1. The number of aliphatic hydroxyl groups excluding tert-OH is 1. The van der Waals surface area contributed by atoms with Crippen molar-refractivity contribution in [2.75, 3.05) is 26.3 Å². The average molecular weight is 377 g/mol. The predicted molar refractivity (Wildman–Crippen MR) is 103 cm³/mol. The molecule has 28 heavy (non-hydrogen) atoms. The molecule has 6 heteroatoms. The first kappa shape index (κ1) is 17.0. The number of fused-ring (bicyclic) bond motifs is 4. The third-order valence-electron chi connectivity index (χ3n) is 5.90. The maximum absolute atomic E-state index is 13.1. The smallest absolute Gasteiger partial charge is 0.289 e. The second-order valence-corrected chi connectivity index (χ2v) is 7.56. The quantitative estimate of drug-likeness (QED) is 0.742. The molecule has 2 aliphatic rings. The van der Waals surface area contributed by atoms with Gasteiger partial charge in [0.05, 0.1) is 24.0 Å². The Bertz CT molecular complexity index is 1140. The van der Waals surface area contributed by atoms with E-state index in [1.807, 2.05) is 24.3 Å². The highest BCUT2D eigenvalue weighted by Crippen LogP contribution is 2.49. The number of nitrogens with zero attached hydrogens (tertiary/aromatic N) is 1. The van der Waals surface area contributed by atoms with Crippen molar-refractivity contribution in [1.82, 2.24) is 4.90 Å². The molecule has 3 heterocycles. The molecular formula is C22H19NO5. The van der Waals surface area contributed by atoms with Gasteiger partial charge in [0.1, 0.15) is 11.3 Å². The lowest BCUT2D eigenvalue weighted by atomic mass is 9.74. The number of ether oxygens (including phenoxy) is 1. The van der Waals surface area contributed by atoms with Crippen molar-refractivity contribution in [1.29, 1.82) is 0 Å². The summed E-state index contributed by atoms with van der Waals surface area (Å²) in [5, 5.41) is 10.6. The summed E-state index contributed by atoms with van der Waals surface area (Å²) in [6.07, 6.45) is 0. The molecule has 2 atom stereocenters. The number of carbonyl (C=O) groups is 1. The number of hydrogen-bond donors (Lipinski definition) is 1. The minimum Gasteiger partial charge on any atom is -0.493 e. The molecule has 0 aliphatic carbocycles. The van der Waals surface area contributed by atoms with Gasteiger partial charge in [0, 0.05) is 25.1 Å². The summed E-state index contributed by atoms with van der Waals surface area (Å²) in [4.78, 5) is 27.1. The Morgan fingerprint density at radius 3 is 2.82 bits per heavy atom. The molecule has 0 radical (unpaired) electrons. The number of aliphatic hydroxyl groups is 1. The molecule has 0 saturated carbocycles. The first-order valence-electron chi connectivity index (χ1n) is 9.26. The maximum Gasteiger partial charge on any atom is 0.289 e. The van der Waals surface area contributed by atoms with Gasteiger partial charge in [-0.25, -0.2) is 0 Å². The number of benzene rings is 2. The predicted octanol–water partition coefficient (Wildman–Crippen LogP) is 2.40. The molecule has 1 N–H and O–H groups in total. The highest BCUT2D eigenvalue weighted by molar-refractivity contribution is 5.93. The topological polar surface area (TPSA) is 80.0 Å². The van der Waals surface area contributed by atoms with Crippen molar-refractivity contribution in [3.8, 4) is 5.75 Å². The summed E-state index contributed by atoms with van der Waals surface area (Å²) in [5.41, 5.74) is 0.590. The van der Waals surface area contributed by atoms with Crippen molar-refractivity contribution < 1.29 is 19.1 Å². The molecule has 0 spiro atoms. The fraction of sp³-hybridized carbons (Fsp3) is 0.273. The molecule has 1 fully saturated rings. The molecule has 1 amide bonds. The van der Waals surface area contributed by atoms with E-state index in [1.54, 1.807) is 29.2 Å². The van der Waals surface area contributed by atoms with Crippen LogP contribution >= 0.6 is 0 Å². The average Bonchev–Trinajstić information content (AvgIpc) is 3.14. The van der Waals surface area contributed by atoms with Crippen LogP contribution in [0.2, 0.25) is 0 Å². The van der Waals surface area contributed by atoms with Crippen LogP contribution in [0.25, 0.3) is 11.0 Å². The summed E-state index contributed by atoms with van der Waals surface area (Å²) in [7, 11) is 0. The zero-order chi connectivity index (χ0) is 19.3. The Morgan fingerprint density at radius 2 is 1.96 bits per heavy atom. The fourth-order valence-electron chi connectivity index (χ4n) is 4.39. The Morgan fingerprint density at radius 1 is 1.18 bits per heavy atom. The van der Waals surface area contributed by atoms with Crippen LogP contribution < -0.4 is 10.2 Å². The normalized spacial score (nSPS) is 23.2. The van der Waals surface area contributed by atoms with Gasteiger partial charge in [-0.2, -0.15) is 0 Å². The second kappa shape index (κ2) is 6.21. The van der Waals surface area contributed by atoms with Gasteiger partial charge in [-0.3, -0.25) is 9.59 Å². The Labute approximate surface area is 161 Å². The van der Waals surface area contributed by atoms with Crippen molar-refractivity contribution in [2.45, 2.75) is 5.92 Å². The van der Waals surface area contributed by atoms with Gasteiger partial charge < -0.3 is 19.2 Å². The largest absolute Gasteiger partial charge is 0.493 e. The first-order valence-corrected chi connectivity index (χ1v) is 9.26. The lowest BCUT2D eigenvalue weighted by Crippen LogP contribution is -2.42. The summed E-state index contributed by atoms with van der Waals surface area (Å²) in [6, 6.07) is 15.9. The minimum absolute atomic E-state index is 0.0182. The molecule has 3 aromatic rings. The number of para-hydroxylation sites is 2. The number of rotatable bonds is 2.